The molecule has 0 N–H and O–H groups in total. The molecule has 1 aromatic carbocycles. The molecule has 1 aliphatic rings. The molecule has 160 valence electrons. The summed E-state index contributed by atoms with van der Waals surface area (Å²) in [6.07, 6.45) is 2.94. The lowest BCUT2D eigenvalue weighted by Gasteiger charge is -2.35. The smallest absolute Gasteiger partial charge is 0.254 e. The number of piperazine rings is 1. The van der Waals surface area contributed by atoms with Gasteiger partial charge in [0.25, 0.3) is 5.91 Å². The van der Waals surface area contributed by atoms with Crippen molar-refractivity contribution in [3.05, 3.63) is 52.1 Å². The first-order chi connectivity index (χ1) is 14.3. The minimum atomic E-state index is -0.380. The van der Waals surface area contributed by atoms with E-state index in [-0.39, 0.29) is 17.6 Å². The number of halogens is 1. The maximum absolute atomic E-state index is 13.8. The van der Waals surface area contributed by atoms with Crippen molar-refractivity contribution in [3.63, 3.8) is 0 Å². The van der Waals surface area contributed by atoms with Gasteiger partial charge in [0.15, 0.2) is 5.16 Å². The largest absolute Gasteiger partial charge is 0.339 e. The van der Waals surface area contributed by atoms with Gasteiger partial charge in [-0.05, 0) is 56.7 Å². The summed E-state index contributed by atoms with van der Waals surface area (Å²) in [4.78, 5) is 37.7. The molecule has 1 aromatic heterocycles. The molecule has 0 bridgehead atoms. The van der Waals surface area contributed by atoms with Gasteiger partial charge in [0, 0.05) is 49.6 Å². The zero-order chi connectivity index (χ0) is 21.8. The molecule has 1 saturated heterocycles. The summed E-state index contributed by atoms with van der Waals surface area (Å²) < 4.78 is 13.8. The van der Waals surface area contributed by atoms with Gasteiger partial charge < -0.3 is 9.80 Å². The fourth-order valence-electron chi connectivity index (χ4n) is 3.62. The van der Waals surface area contributed by atoms with Crippen LogP contribution in [0.3, 0.4) is 0 Å². The Hall–Kier alpha value is -2.48. The Bertz CT molecular complexity index is 935. The van der Waals surface area contributed by atoms with Crippen molar-refractivity contribution in [1.82, 2.24) is 19.8 Å². The van der Waals surface area contributed by atoms with E-state index in [0.29, 0.717) is 50.1 Å². The summed E-state index contributed by atoms with van der Waals surface area (Å²) in [5.74, 6) is -0.510. The Labute approximate surface area is 180 Å². The molecular weight excluding hydrogens is 403 g/mol. The van der Waals surface area contributed by atoms with Crippen molar-refractivity contribution in [1.29, 1.82) is 0 Å². The third-order valence-electron chi connectivity index (χ3n) is 5.51. The molecule has 30 heavy (non-hydrogen) atoms. The van der Waals surface area contributed by atoms with Crippen molar-refractivity contribution in [3.8, 4) is 0 Å². The van der Waals surface area contributed by atoms with E-state index in [0.717, 1.165) is 22.1 Å². The number of carbonyl (C=O) groups excluding carboxylic acids is 2. The second kappa shape index (κ2) is 9.55. The lowest BCUT2D eigenvalue weighted by molar-refractivity contribution is -0.132. The number of thioether (sulfide) groups is 1. The second-order valence-corrected chi connectivity index (χ2v) is 8.27. The van der Waals surface area contributed by atoms with Crippen LogP contribution in [0.2, 0.25) is 0 Å². The molecule has 0 aliphatic carbocycles. The van der Waals surface area contributed by atoms with Gasteiger partial charge >= 0.3 is 0 Å². The Balaban J connectivity index is 1.54. The highest BCUT2D eigenvalue weighted by atomic mass is 32.2. The maximum atomic E-state index is 13.8. The van der Waals surface area contributed by atoms with Crippen molar-refractivity contribution in [2.24, 2.45) is 0 Å². The third kappa shape index (κ3) is 4.98. The Morgan fingerprint density at radius 2 is 1.63 bits per heavy atom. The standard InChI is InChI=1S/C22H27FN4O2S/c1-14-5-6-17(13-19(14)23)21(29)27-11-9-26(10-12-27)20(28)8-7-18-15(2)24-22(30-4)25-16(18)3/h5-6,13H,7-12H2,1-4H3. The normalized spacial score (nSPS) is 14.2. The summed E-state index contributed by atoms with van der Waals surface area (Å²) in [5.41, 5.74) is 3.72. The SMILES string of the molecule is CSc1nc(C)c(CCC(=O)N2CCN(C(=O)c3ccc(C)c(F)c3)CC2)c(C)n1. The highest BCUT2D eigenvalue weighted by Crippen LogP contribution is 2.18. The van der Waals surface area contributed by atoms with Crippen LogP contribution in [0.5, 0.6) is 0 Å². The van der Waals surface area contributed by atoms with Gasteiger partial charge in [-0.25, -0.2) is 14.4 Å². The van der Waals surface area contributed by atoms with Gasteiger partial charge in [0.2, 0.25) is 5.91 Å². The summed E-state index contributed by atoms with van der Waals surface area (Å²) in [7, 11) is 0. The first kappa shape index (κ1) is 22.2. The average molecular weight is 431 g/mol. The van der Waals surface area contributed by atoms with Crippen molar-refractivity contribution >= 4 is 23.6 Å². The van der Waals surface area contributed by atoms with Crippen LogP contribution in [-0.2, 0) is 11.2 Å². The van der Waals surface area contributed by atoms with Gasteiger partial charge in [-0.2, -0.15) is 0 Å². The second-order valence-electron chi connectivity index (χ2n) is 7.50. The Morgan fingerprint density at radius 3 is 2.20 bits per heavy atom. The maximum Gasteiger partial charge on any atom is 0.254 e. The molecule has 2 heterocycles. The number of aromatic nitrogens is 2. The quantitative estimate of drug-likeness (QED) is 0.538. The van der Waals surface area contributed by atoms with E-state index in [1.54, 1.807) is 28.9 Å². The lowest BCUT2D eigenvalue weighted by Crippen LogP contribution is -2.50. The lowest BCUT2D eigenvalue weighted by atomic mass is 10.1. The molecule has 3 rings (SSSR count). The summed E-state index contributed by atoms with van der Waals surface area (Å²) in [6.45, 7) is 7.43. The van der Waals surface area contributed by atoms with Crippen molar-refractivity contribution < 1.29 is 14.0 Å². The fraction of sp³-hybridized carbons (Fsp3) is 0.455. The molecular formula is C22H27FN4O2S. The minimum absolute atomic E-state index is 0.0659. The molecule has 0 saturated carbocycles. The van der Waals surface area contributed by atoms with Gasteiger partial charge in [-0.15, -0.1) is 0 Å². The monoisotopic (exact) mass is 430 g/mol. The first-order valence-electron chi connectivity index (χ1n) is 10.0. The van der Waals surface area contributed by atoms with E-state index in [1.807, 2.05) is 20.1 Å². The summed E-state index contributed by atoms with van der Waals surface area (Å²) >= 11 is 1.50. The van der Waals surface area contributed by atoms with Crippen LogP contribution < -0.4 is 0 Å². The third-order valence-corrected chi connectivity index (χ3v) is 6.06. The van der Waals surface area contributed by atoms with Crippen LogP contribution >= 0.6 is 11.8 Å². The van der Waals surface area contributed by atoms with Crippen LogP contribution in [0.4, 0.5) is 4.39 Å². The fourth-order valence-corrected chi connectivity index (χ4v) is 4.08. The van der Waals surface area contributed by atoms with Gasteiger partial charge in [-0.1, -0.05) is 17.8 Å². The van der Waals surface area contributed by atoms with Crippen LogP contribution in [0.1, 0.15) is 39.3 Å². The van der Waals surface area contributed by atoms with E-state index < -0.39 is 0 Å². The van der Waals surface area contributed by atoms with Crippen molar-refractivity contribution in [2.75, 3.05) is 32.4 Å². The van der Waals surface area contributed by atoms with Gasteiger partial charge in [0.05, 0.1) is 0 Å². The molecule has 2 aromatic rings. The molecule has 0 spiro atoms. The van der Waals surface area contributed by atoms with E-state index in [4.69, 9.17) is 0 Å². The molecule has 6 nitrogen and oxygen atoms in total. The van der Waals surface area contributed by atoms with E-state index in [1.165, 1.54) is 17.8 Å². The van der Waals surface area contributed by atoms with E-state index in [9.17, 15) is 14.0 Å². The number of aryl methyl sites for hydroxylation is 3. The molecule has 1 aliphatic heterocycles. The first-order valence-corrected chi connectivity index (χ1v) is 11.2. The summed E-state index contributed by atoms with van der Waals surface area (Å²) in [5, 5.41) is 0.745. The van der Waals surface area contributed by atoms with Crippen LogP contribution in [0, 0.1) is 26.6 Å². The highest BCUT2D eigenvalue weighted by molar-refractivity contribution is 7.98. The minimum Gasteiger partial charge on any atom is -0.339 e. The number of carbonyl (C=O) groups is 2. The number of nitrogens with zero attached hydrogens (tertiary/aromatic N) is 4. The van der Waals surface area contributed by atoms with Crippen LogP contribution in [-0.4, -0.2) is 64.0 Å². The molecule has 8 heteroatoms. The highest BCUT2D eigenvalue weighted by Gasteiger charge is 2.25. The molecule has 1 fully saturated rings. The van der Waals surface area contributed by atoms with E-state index >= 15 is 0 Å². The van der Waals surface area contributed by atoms with Crippen molar-refractivity contribution in [2.45, 2.75) is 38.8 Å². The molecule has 0 atom stereocenters. The predicted octanol–water partition coefficient (Wildman–Crippen LogP) is 3.18. The number of hydrogen-bond acceptors (Lipinski definition) is 5. The number of rotatable bonds is 5. The zero-order valence-electron chi connectivity index (χ0n) is 17.9. The Kier molecular flexibility index (Phi) is 7.07. The molecule has 0 radical (unpaired) electrons. The molecule has 2 amide bonds. The molecule has 0 unspecified atom stereocenters. The average Bonchev–Trinajstić information content (AvgIpc) is 2.74. The van der Waals surface area contributed by atoms with Crippen LogP contribution in [0.25, 0.3) is 0 Å². The van der Waals surface area contributed by atoms with Crippen LogP contribution in [0.15, 0.2) is 23.4 Å². The van der Waals surface area contributed by atoms with Gasteiger partial charge in [-0.3, -0.25) is 9.59 Å². The zero-order valence-corrected chi connectivity index (χ0v) is 18.7. The predicted molar refractivity (Wildman–Crippen MR) is 115 cm³/mol. The Morgan fingerprint density at radius 1 is 1.03 bits per heavy atom. The topological polar surface area (TPSA) is 66.4 Å². The summed E-state index contributed by atoms with van der Waals surface area (Å²) in [6, 6.07) is 4.54. The number of hydrogen-bond donors (Lipinski definition) is 0. The van der Waals surface area contributed by atoms with E-state index in [2.05, 4.69) is 9.97 Å². The number of benzene rings is 1. The van der Waals surface area contributed by atoms with Gasteiger partial charge in [0.1, 0.15) is 5.82 Å². The number of amides is 2.